The first-order valence-corrected chi connectivity index (χ1v) is 6.22. The number of methoxy groups -OCH3 is 2. The van der Waals surface area contributed by atoms with E-state index >= 15 is 0 Å². The highest BCUT2D eigenvalue weighted by atomic mass is 35.5. The van der Waals surface area contributed by atoms with Gasteiger partial charge in [-0.25, -0.2) is 0 Å². The summed E-state index contributed by atoms with van der Waals surface area (Å²) in [5, 5.41) is 0. The normalized spacial score (nSPS) is 34.0. The van der Waals surface area contributed by atoms with Crippen LogP contribution in [0.5, 0.6) is 0 Å². The Bertz CT molecular complexity index is 179. The molecule has 0 amide bonds. The van der Waals surface area contributed by atoms with Gasteiger partial charge in [0.15, 0.2) is 0 Å². The molecule has 0 spiro atoms. The van der Waals surface area contributed by atoms with Crippen LogP contribution in [0.1, 0.15) is 38.5 Å². The van der Waals surface area contributed by atoms with Crippen LogP contribution in [-0.4, -0.2) is 38.5 Å². The molecule has 0 aromatic rings. The molecule has 4 nitrogen and oxygen atoms in total. The minimum Gasteiger partial charge on any atom is -0.381 e. The van der Waals surface area contributed by atoms with Crippen LogP contribution in [0.15, 0.2) is 0 Å². The van der Waals surface area contributed by atoms with E-state index in [2.05, 4.69) is 0 Å². The summed E-state index contributed by atoms with van der Waals surface area (Å²) in [6.07, 6.45) is 7.58. The Morgan fingerprint density at radius 2 is 1.06 bits per heavy atom. The fourth-order valence-corrected chi connectivity index (χ4v) is 2.37. The quantitative estimate of drug-likeness (QED) is 0.817. The van der Waals surface area contributed by atoms with E-state index in [1.54, 1.807) is 14.2 Å². The van der Waals surface area contributed by atoms with Gasteiger partial charge in [0.1, 0.15) is 0 Å². The molecule has 4 atom stereocenters. The molecule has 0 radical (unpaired) electrons. The van der Waals surface area contributed by atoms with Crippen LogP contribution in [0.25, 0.3) is 0 Å². The lowest BCUT2D eigenvalue weighted by Gasteiger charge is -2.04. The lowest BCUT2D eigenvalue weighted by molar-refractivity contribution is 0.108. The minimum absolute atomic E-state index is 0. The third-order valence-electron chi connectivity index (χ3n) is 3.52. The zero-order valence-corrected chi connectivity index (χ0v) is 13.0. The molecule has 0 unspecified atom stereocenters. The lowest BCUT2D eigenvalue weighted by atomic mass is 10.3. The summed E-state index contributed by atoms with van der Waals surface area (Å²) < 4.78 is 10.2. The molecular formula is C12H28Cl2N2O2. The van der Waals surface area contributed by atoms with Crippen molar-refractivity contribution in [2.45, 2.75) is 62.8 Å². The Kier molecular flexibility index (Phi) is 13.0. The molecule has 2 aliphatic carbocycles. The second-order valence-corrected chi connectivity index (χ2v) is 4.86. The first-order valence-electron chi connectivity index (χ1n) is 6.22. The van der Waals surface area contributed by atoms with Crippen molar-refractivity contribution in [1.29, 1.82) is 0 Å². The van der Waals surface area contributed by atoms with E-state index in [0.29, 0.717) is 24.3 Å². The number of rotatable bonds is 2. The molecule has 0 bridgehead atoms. The van der Waals surface area contributed by atoms with Crippen LogP contribution < -0.4 is 11.5 Å². The van der Waals surface area contributed by atoms with E-state index in [1.807, 2.05) is 0 Å². The Morgan fingerprint density at radius 3 is 1.17 bits per heavy atom. The van der Waals surface area contributed by atoms with Crippen molar-refractivity contribution >= 4 is 24.8 Å². The van der Waals surface area contributed by atoms with Crippen molar-refractivity contribution in [2.75, 3.05) is 14.2 Å². The summed E-state index contributed by atoms with van der Waals surface area (Å²) in [6.45, 7) is 0. The second kappa shape index (κ2) is 11.3. The Hall–Kier alpha value is 0.420. The van der Waals surface area contributed by atoms with Gasteiger partial charge in [0, 0.05) is 26.3 Å². The van der Waals surface area contributed by atoms with Crippen LogP contribution in [0.3, 0.4) is 0 Å². The van der Waals surface area contributed by atoms with E-state index in [0.717, 1.165) is 38.5 Å². The molecule has 2 aliphatic rings. The maximum atomic E-state index is 5.62. The van der Waals surface area contributed by atoms with Gasteiger partial charge in [-0.15, -0.1) is 24.8 Å². The predicted octanol–water partition coefficient (Wildman–Crippen LogP) is 1.87. The molecular weight excluding hydrogens is 275 g/mol. The van der Waals surface area contributed by atoms with Gasteiger partial charge in [0.05, 0.1) is 12.2 Å². The van der Waals surface area contributed by atoms with Crippen molar-refractivity contribution in [2.24, 2.45) is 11.5 Å². The van der Waals surface area contributed by atoms with E-state index in [9.17, 15) is 0 Å². The SMILES string of the molecule is CO[C@@H]1CC[C@H](N)C1.CO[C@H]1CC[C@@H](N)C1.Cl.Cl. The smallest absolute Gasteiger partial charge is 0.0586 e. The van der Waals surface area contributed by atoms with Gasteiger partial charge in [-0.3, -0.25) is 0 Å². The molecule has 0 saturated heterocycles. The molecule has 6 heteroatoms. The number of hydrogen-bond donors (Lipinski definition) is 2. The van der Waals surface area contributed by atoms with Crippen molar-refractivity contribution in [3.63, 3.8) is 0 Å². The largest absolute Gasteiger partial charge is 0.381 e. The van der Waals surface area contributed by atoms with Crippen LogP contribution in [-0.2, 0) is 9.47 Å². The van der Waals surface area contributed by atoms with Gasteiger partial charge in [-0.1, -0.05) is 0 Å². The Morgan fingerprint density at radius 1 is 0.722 bits per heavy atom. The fourth-order valence-electron chi connectivity index (χ4n) is 2.37. The average molecular weight is 303 g/mol. The molecule has 2 fully saturated rings. The maximum Gasteiger partial charge on any atom is 0.0586 e. The molecule has 18 heavy (non-hydrogen) atoms. The van der Waals surface area contributed by atoms with Gasteiger partial charge in [0.25, 0.3) is 0 Å². The van der Waals surface area contributed by atoms with Crippen molar-refractivity contribution in [3.05, 3.63) is 0 Å². The highest BCUT2D eigenvalue weighted by Gasteiger charge is 2.20. The third-order valence-corrected chi connectivity index (χ3v) is 3.52. The molecule has 2 rings (SSSR count). The van der Waals surface area contributed by atoms with Gasteiger partial charge in [0.2, 0.25) is 0 Å². The van der Waals surface area contributed by atoms with Crippen molar-refractivity contribution < 1.29 is 9.47 Å². The van der Waals surface area contributed by atoms with E-state index < -0.39 is 0 Å². The van der Waals surface area contributed by atoms with Crippen molar-refractivity contribution in [3.8, 4) is 0 Å². The van der Waals surface area contributed by atoms with Gasteiger partial charge in [-0.05, 0) is 38.5 Å². The summed E-state index contributed by atoms with van der Waals surface area (Å²) in [5.41, 5.74) is 11.2. The zero-order valence-electron chi connectivity index (χ0n) is 11.3. The summed E-state index contributed by atoms with van der Waals surface area (Å²) in [5.74, 6) is 0. The number of halogens is 2. The molecule has 0 aromatic carbocycles. The van der Waals surface area contributed by atoms with Gasteiger partial charge >= 0.3 is 0 Å². The predicted molar refractivity (Wildman–Crippen MR) is 79.7 cm³/mol. The molecule has 2 saturated carbocycles. The summed E-state index contributed by atoms with van der Waals surface area (Å²) in [6, 6.07) is 0.805. The minimum atomic E-state index is 0. The Balaban J connectivity index is 0. The monoisotopic (exact) mass is 302 g/mol. The third kappa shape index (κ3) is 7.77. The van der Waals surface area contributed by atoms with Crippen molar-refractivity contribution in [1.82, 2.24) is 0 Å². The second-order valence-electron chi connectivity index (χ2n) is 4.86. The average Bonchev–Trinajstić information content (AvgIpc) is 2.88. The Labute approximate surface area is 123 Å². The van der Waals surface area contributed by atoms with Crippen LogP contribution in [0.2, 0.25) is 0 Å². The lowest BCUT2D eigenvalue weighted by Crippen LogP contribution is -2.16. The number of ether oxygens (including phenoxy) is 2. The van der Waals surface area contributed by atoms with Gasteiger partial charge < -0.3 is 20.9 Å². The highest BCUT2D eigenvalue weighted by Crippen LogP contribution is 2.19. The maximum absolute atomic E-state index is 5.62. The summed E-state index contributed by atoms with van der Waals surface area (Å²) in [4.78, 5) is 0. The molecule has 0 aromatic heterocycles. The standard InChI is InChI=1S/2C6H13NO.2ClH/c2*1-8-6-3-2-5(7)4-6;;/h2*5-6H,2-4,7H2,1H3;2*1H/t2*5-,6+;;/m10../s1. The summed E-state index contributed by atoms with van der Waals surface area (Å²) >= 11 is 0. The molecule has 4 N–H and O–H groups in total. The van der Waals surface area contributed by atoms with E-state index in [1.165, 1.54) is 0 Å². The number of nitrogens with two attached hydrogens (primary N) is 2. The topological polar surface area (TPSA) is 70.5 Å². The van der Waals surface area contributed by atoms with Crippen LogP contribution >= 0.6 is 24.8 Å². The van der Waals surface area contributed by atoms with Gasteiger partial charge in [-0.2, -0.15) is 0 Å². The van der Waals surface area contributed by atoms with E-state index in [-0.39, 0.29) is 24.8 Å². The number of hydrogen-bond acceptors (Lipinski definition) is 4. The molecule has 0 heterocycles. The summed E-state index contributed by atoms with van der Waals surface area (Å²) in [7, 11) is 3.51. The molecule has 0 aliphatic heterocycles. The van der Waals surface area contributed by atoms with Crippen LogP contribution in [0, 0.1) is 0 Å². The molecule has 112 valence electrons. The zero-order chi connectivity index (χ0) is 12.0. The first-order chi connectivity index (χ1) is 7.65. The highest BCUT2D eigenvalue weighted by molar-refractivity contribution is 5.85. The van der Waals surface area contributed by atoms with E-state index in [4.69, 9.17) is 20.9 Å². The first kappa shape index (κ1) is 20.7. The fraction of sp³-hybridized carbons (Fsp3) is 1.00. The van der Waals surface area contributed by atoms with Crippen LogP contribution in [0.4, 0.5) is 0 Å².